The van der Waals surface area contributed by atoms with Gasteiger partial charge in [0.25, 0.3) is 0 Å². The summed E-state index contributed by atoms with van der Waals surface area (Å²) in [5, 5.41) is 0. The van der Waals surface area contributed by atoms with Crippen LogP contribution in [0.15, 0.2) is 18.5 Å². The van der Waals surface area contributed by atoms with Crippen LogP contribution < -0.4 is 10.5 Å². The number of likely N-dealkylation sites (tertiary alicyclic amines) is 1. The predicted molar refractivity (Wildman–Crippen MR) is 59.8 cm³/mol. The molecule has 1 aromatic rings. The normalized spacial score (nSPS) is 16.8. The minimum absolute atomic E-state index is 0.610. The molecule has 0 aromatic carbocycles. The Morgan fingerprint density at radius 1 is 1.40 bits per heavy atom. The molecule has 82 valence electrons. The monoisotopic (exact) mass is 207 g/mol. The number of nitrogens with zero attached hydrogens (tertiary/aromatic N) is 2. The molecular formula is C11H17N3O. The second kappa shape index (κ2) is 4.98. The molecule has 1 fully saturated rings. The fourth-order valence-electron chi connectivity index (χ4n) is 1.82. The number of pyridine rings is 1. The number of nitrogen functional groups attached to an aromatic ring is 1. The highest BCUT2D eigenvalue weighted by Crippen LogP contribution is 2.18. The summed E-state index contributed by atoms with van der Waals surface area (Å²) in [5.74, 6) is 0.740. The van der Waals surface area contributed by atoms with Crippen LogP contribution in [-0.4, -0.2) is 36.1 Å². The smallest absolute Gasteiger partial charge is 0.145 e. The van der Waals surface area contributed by atoms with Gasteiger partial charge in [0, 0.05) is 18.8 Å². The molecule has 0 amide bonds. The van der Waals surface area contributed by atoms with Gasteiger partial charge in [-0.15, -0.1) is 0 Å². The Morgan fingerprint density at radius 3 is 2.93 bits per heavy atom. The van der Waals surface area contributed by atoms with Crippen LogP contribution in [0.5, 0.6) is 5.75 Å². The molecule has 0 unspecified atom stereocenters. The average molecular weight is 207 g/mol. The Balaban J connectivity index is 1.75. The number of rotatable bonds is 4. The molecule has 0 radical (unpaired) electrons. The molecule has 0 bridgehead atoms. The lowest BCUT2D eigenvalue weighted by atomic mass is 10.4. The molecule has 2 heterocycles. The molecule has 0 saturated carbocycles. The molecule has 0 spiro atoms. The van der Waals surface area contributed by atoms with Gasteiger partial charge in [-0.25, -0.2) is 0 Å². The molecule has 2 N–H and O–H groups in total. The van der Waals surface area contributed by atoms with E-state index in [4.69, 9.17) is 10.5 Å². The highest BCUT2D eigenvalue weighted by molar-refractivity contribution is 5.49. The quantitative estimate of drug-likeness (QED) is 0.804. The van der Waals surface area contributed by atoms with Gasteiger partial charge in [-0.3, -0.25) is 9.88 Å². The van der Waals surface area contributed by atoms with E-state index < -0.39 is 0 Å². The molecular weight excluding hydrogens is 190 g/mol. The number of hydrogen-bond acceptors (Lipinski definition) is 4. The van der Waals surface area contributed by atoms with E-state index >= 15 is 0 Å². The summed E-state index contributed by atoms with van der Waals surface area (Å²) in [4.78, 5) is 6.33. The van der Waals surface area contributed by atoms with E-state index in [1.54, 1.807) is 18.5 Å². The van der Waals surface area contributed by atoms with Crippen molar-refractivity contribution in [2.45, 2.75) is 12.8 Å². The minimum atomic E-state index is 0.610. The zero-order valence-electron chi connectivity index (χ0n) is 8.85. The summed E-state index contributed by atoms with van der Waals surface area (Å²) in [6.07, 6.45) is 5.95. The Hall–Kier alpha value is -1.29. The maximum atomic E-state index is 5.71. The molecule has 1 aliphatic heterocycles. The van der Waals surface area contributed by atoms with Crippen LogP contribution in [-0.2, 0) is 0 Å². The highest BCUT2D eigenvalue weighted by Gasteiger charge is 2.10. The van der Waals surface area contributed by atoms with E-state index in [2.05, 4.69) is 9.88 Å². The lowest BCUT2D eigenvalue weighted by Crippen LogP contribution is -2.25. The van der Waals surface area contributed by atoms with Crippen molar-refractivity contribution in [3.63, 3.8) is 0 Å². The average Bonchev–Trinajstić information content (AvgIpc) is 2.74. The summed E-state index contributed by atoms with van der Waals surface area (Å²) < 4.78 is 5.59. The summed E-state index contributed by atoms with van der Waals surface area (Å²) >= 11 is 0. The molecule has 1 aromatic heterocycles. The van der Waals surface area contributed by atoms with Crippen molar-refractivity contribution >= 4 is 5.69 Å². The van der Waals surface area contributed by atoms with Gasteiger partial charge in [-0.05, 0) is 25.9 Å². The van der Waals surface area contributed by atoms with E-state index in [1.165, 1.54) is 25.9 Å². The second-order valence-corrected chi connectivity index (χ2v) is 3.81. The zero-order valence-corrected chi connectivity index (χ0v) is 8.85. The first kappa shape index (κ1) is 10.2. The fraction of sp³-hybridized carbons (Fsp3) is 0.545. The first-order chi connectivity index (χ1) is 7.36. The minimum Gasteiger partial charge on any atom is -0.490 e. The van der Waals surface area contributed by atoms with Crippen molar-refractivity contribution in [3.05, 3.63) is 18.5 Å². The lowest BCUT2D eigenvalue weighted by Gasteiger charge is -2.15. The van der Waals surface area contributed by atoms with Crippen molar-refractivity contribution in [2.75, 3.05) is 32.0 Å². The van der Waals surface area contributed by atoms with Gasteiger partial charge in [0.1, 0.15) is 12.4 Å². The SMILES string of the molecule is Nc1cnccc1OCCN1CCCC1. The third-order valence-corrected chi connectivity index (χ3v) is 2.67. The van der Waals surface area contributed by atoms with E-state index in [0.29, 0.717) is 12.3 Å². The molecule has 1 aliphatic rings. The van der Waals surface area contributed by atoms with Crippen molar-refractivity contribution < 1.29 is 4.74 Å². The lowest BCUT2D eigenvalue weighted by molar-refractivity contribution is 0.238. The first-order valence-electron chi connectivity index (χ1n) is 5.41. The van der Waals surface area contributed by atoms with Crippen molar-refractivity contribution in [1.29, 1.82) is 0 Å². The van der Waals surface area contributed by atoms with Gasteiger partial charge in [0.15, 0.2) is 0 Å². The third kappa shape index (κ3) is 2.83. The summed E-state index contributed by atoms with van der Waals surface area (Å²) in [6.45, 7) is 4.10. The molecule has 15 heavy (non-hydrogen) atoms. The van der Waals surface area contributed by atoms with Gasteiger partial charge in [0.05, 0.1) is 11.9 Å². The van der Waals surface area contributed by atoms with Crippen molar-refractivity contribution in [3.8, 4) is 5.75 Å². The number of hydrogen-bond donors (Lipinski definition) is 1. The number of nitrogens with two attached hydrogens (primary N) is 1. The van der Waals surface area contributed by atoms with Crippen molar-refractivity contribution in [2.24, 2.45) is 0 Å². The molecule has 2 rings (SSSR count). The molecule has 1 saturated heterocycles. The largest absolute Gasteiger partial charge is 0.490 e. The highest BCUT2D eigenvalue weighted by atomic mass is 16.5. The van der Waals surface area contributed by atoms with Gasteiger partial charge in [-0.1, -0.05) is 0 Å². The molecule has 4 nitrogen and oxygen atoms in total. The van der Waals surface area contributed by atoms with Crippen molar-refractivity contribution in [1.82, 2.24) is 9.88 Å². The number of anilines is 1. The van der Waals surface area contributed by atoms with Crippen LogP contribution >= 0.6 is 0 Å². The fourth-order valence-corrected chi connectivity index (χ4v) is 1.82. The number of ether oxygens (including phenoxy) is 1. The van der Waals surface area contributed by atoms with E-state index in [-0.39, 0.29) is 0 Å². The first-order valence-corrected chi connectivity index (χ1v) is 5.41. The van der Waals surface area contributed by atoms with Crippen LogP contribution in [0.3, 0.4) is 0 Å². The van der Waals surface area contributed by atoms with E-state index in [0.717, 1.165) is 12.3 Å². The molecule has 0 aliphatic carbocycles. The van der Waals surface area contributed by atoms with E-state index in [1.807, 2.05) is 0 Å². The summed E-state index contributed by atoms with van der Waals surface area (Å²) in [6, 6.07) is 1.80. The standard InChI is InChI=1S/C11H17N3O/c12-10-9-13-4-3-11(10)15-8-7-14-5-1-2-6-14/h3-4,9H,1-2,5-8,12H2. The zero-order chi connectivity index (χ0) is 10.5. The third-order valence-electron chi connectivity index (χ3n) is 2.67. The van der Waals surface area contributed by atoms with Crippen LogP contribution in [0.4, 0.5) is 5.69 Å². The topological polar surface area (TPSA) is 51.4 Å². The predicted octanol–water partition coefficient (Wildman–Crippen LogP) is 1.14. The van der Waals surface area contributed by atoms with Gasteiger partial charge >= 0.3 is 0 Å². The van der Waals surface area contributed by atoms with Gasteiger partial charge in [-0.2, -0.15) is 0 Å². The molecule has 0 atom stereocenters. The Labute approximate surface area is 90.0 Å². The van der Waals surface area contributed by atoms with Crippen LogP contribution in [0.25, 0.3) is 0 Å². The maximum Gasteiger partial charge on any atom is 0.145 e. The van der Waals surface area contributed by atoms with Crippen LogP contribution in [0.1, 0.15) is 12.8 Å². The summed E-state index contributed by atoms with van der Waals surface area (Å²) in [7, 11) is 0. The summed E-state index contributed by atoms with van der Waals surface area (Å²) in [5.41, 5.74) is 6.32. The Kier molecular flexibility index (Phi) is 3.40. The molecule has 4 heteroatoms. The van der Waals surface area contributed by atoms with Gasteiger partial charge < -0.3 is 10.5 Å². The van der Waals surface area contributed by atoms with E-state index in [9.17, 15) is 0 Å². The van der Waals surface area contributed by atoms with Gasteiger partial charge in [0.2, 0.25) is 0 Å². The maximum absolute atomic E-state index is 5.71. The number of aromatic nitrogens is 1. The van der Waals surface area contributed by atoms with Crippen LogP contribution in [0, 0.1) is 0 Å². The Morgan fingerprint density at radius 2 is 2.20 bits per heavy atom. The second-order valence-electron chi connectivity index (χ2n) is 3.81. The Bertz CT molecular complexity index is 310. The van der Waals surface area contributed by atoms with Crippen LogP contribution in [0.2, 0.25) is 0 Å².